The summed E-state index contributed by atoms with van der Waals surface area (Å²) in [5.74, 6) is 0.897. The molecule has 1 N–H and O–H groups in total. The van der Waals surface area contributed by atoms with E-state index in [4.69, 9.17) is 4.74 Å². The molecule has 0 unspecified atom stereocenters. The Balaban J connectivity index is 1.77. The molecule has 0 aliphatic heterocycles. The fourth-order valence-electron chi connectivity index (χ4n) is 2.30. The number of rotatable bonds is 8. The van der Waals surface area contributed by atoms with Crippen molar-refractivity contribution < 1.29 is 9.53 Å². The minimum absolute atomic E-state index is 0.0618. The first-order valence-electron chi connectivity index (χ1n) is 7.75. The average molecular weight is 316 g/mol. The van der Waals surface area contributed by atoms with E-state index in [2.05, 4.69) is 29.2 Å². The van der Waals surface area contributed by atoms with Crippen molar-refractivity contribution in [1.29, 1.82) is 0 Å². The van der Waals surface area contributed by atoms with Gasteiger partial charge in [0.15, 0.2) is 0 Å². The fourth-order valence-corrected chi connectivity index (χ4v) is 2.30. The number of ether oxygens (including phenoxy) is 1. The summed E-state index contributed by atoms with van der Waals surface area (Å²) in [6.07, 6.45) is 4.39. The molecule has 1 aromatic heterocycles. The smallest absolute Gasteiger partial charge is 0.220 e. The highest BCUT2D eigenvalue weighted by atomic mass is 16.5. The van der Waals surface area contributed by atoms with Gasteiger partial charge in [-0.2, -0.15) is 5.10 Å². The molecule has 6 nitrogen and oxygen atoms in total. The predicted molar refractivity (Wildman–Crippen MR) is 88.3 cm³/mol. The van der Waals surface area contributed by atoms with Gasteiger partial charge in [0.2, 0.25) is 5.91 Å². The number of hydrogen-bond donors (Lipinski definition) is 1. The monoisotopic (exact) mass is 316 g/mol. The van der Waals surface area contributed by atoms with Crippen LogP contribution in [0.25, 0.3) is 0 Å². The number of aryl methyl sites for hydroxylation is 1. The second kappa shape index (κ2) is 7.76. The summed E-state index contributed by atoms with van der Waals surface area (Å²) in [5.41, 5.74) is 1.04. The van der Waals surface area contributed by atoms with Crippen molar-refractivity contribution in [3.05, 3.63) is 42.5 Å². The van der Waals surface area contributed by atoms with Crippen LogP contribution in [0.15, 0.2) is 36.9 Å². The molecule has 23 heavy (non-hydrogen) atoms. The number of hydrogen-bond acceptors (Lipinski definition) is 4. The van der Waals surface area contributed by atoms with Gasteiger partial charge in [0.05, 0.1) is 7.11 Å². The van der Waals surface area contributed by atoms with Crippen molar-refractivity contribution in [3.63, 3.8) is 0 Å². The first kappa shape index (κ1) is 17.0. The van der Waals surface area contributed by atoms with Crippen LogP contribution in [0.5, 0.6) is 5.75 Å². The van der Waals surface area contributed by atoms with Gasteiger partial charge in [-0.1, -0.05) is 26.0 Å². The van der Waals surface area contributed by atoms with E-state index < -0.39 is 0 Å². The van der Waals surface area contributed by atoms with Crippen molar-refractivity contribution in [2.45, 2.75) is 38.6 Å². The molecule has 0 aliphatic carbocycles. The van der Waals surface area contributed by atoms with E-state index in [0.717, 1.165) is 12.2 Å². The second-order valence-electron chi connectivity index (χ2n) is 6.15. The molecular weight excluding hydrogens is 292 g/mol. The van der Waals surface area contributed by atoms with Gasteiger partial charge in [0.1, 0.15) is 18.4 Å². The molecule has 0 bridgehead atoms. The lowest BCUT2D eigenvalue weighted by Crippen LogP contribution is -2.36. The molecule has 2 rings (SSSR count). The fraction of sp³-hybridized carbons (Fsp3) is 0.471. The predicted octanol–water partition coefficient (Wildman–Crippen LogP) is 2.16. The summed E-state index contributed by atoms with van der Waals surface area (Å²) in [7, 11) is 1.65. The molecule has 1 aromatic carbocycles. The van der Waals surface area contributed by atoms with Crippen LogP contribution in [0.4, 0.5) is 0 Å². The number of carbonyl (C=O) groups is 1. The van der Waals surface area contributed by atoms with Crippen LogP contribution in [0.2, 0.25) is 0 Å². The van der Waals surface area contributed by atoms with E-state index in [1.54, 1.807) is 18.1 Å². The molecule has 0 radical (unpaired) electrons. The number of methoxy groups -OCH3 is 1. The molecule has 0 atom stereocenters. The lowest BCUT2D eigenvalue weighted by atomic mass is 9.84. The van der Waals surface area contributed by atoms with Gasteiger partial charge in [0, 0.05) is 24.9 Å². The molecular formula is C17H24N4O2. The van der Waals surface area contributed by atoms with E-state index >= 15 is 0 Å². The maximum absolute atomic E-state index is 12.0. The lowest BCUT2D eigenvalue weighted by Gasteiger charge is -2.26. The SMILES string of the molecule is COc1ccc(C(C)(C)CNC(=O)CCCn2cncn2)cc1. The van der Waals surface area contributed by atoms with Gasteiger partial charge in [0.25, 0.3) is 0 Å². The van der Waals surface area contributed by atoms with E-state index in [1.165, 1.54) is 11.9 Å². The molecule has 0 spiro atoms. The lowest BCUT2D eigenvalue weighted by molar-refractivity contribution is -0.121. The quantitative estimate of drug-likeness (QED) is 0.810. The highest BCUT2D eigenvalue weighted by Gasteiger charge is 2.21. The molecule has 0 fully saturated rings. The second-order valence-corrected chi connectivity index (χ2v) is 6.15. The largest absolute Gasteiger partial charge is 0.497 e. The third kappa shape index (κ3) is 5.09. The number of benzene rings is 1. The molecule has 124 valence electrons. The van der Waals surface area contributed by atoms with Crippen LogP contribution in [-0.2, 0) is 16.8 Å². The Hall–Kier alpha value is -2.37. The summed E-state index contributed by atoms with van der Waals surface area (Å²) in [6, 6.07) is 7.96. The Morgan fingerprint density at radius 2 is 2.04 bits per heavy atom. The van der Waals surface area contributed by atoms with Crippen LogP contribution in [0.3, 0.4) is 0 Å². The Labute approximate surface area is 136 Å². The molecule has 1 heterocycles. The highest BCUT2D eigenvalue weighted by Crippen LogP contribution is 2.24. The number of aromatic nitrogens is 3. The number of carbonyl (C=O) groups excluding carboxylic acids is 1. The maximum atomic E-state index is 12.0. The molecule has 0 saturated carbocycles. The van der Waals surface area contributed by atoms with E-state index in [9.17, 15) is 4.79 Å². The summed E-state index contributed by atoms with van der Waals surface area (Å²) in [4.78, 5) is 15.9. The molecule has 0 saturated heterocycles. The topological polar surface area (TPSA) is 69.0 Å². The van der Waals surface area contributed by atoms with Crippen LogP contribution < -0.4 is 10.1 Å². The van der Waals surface area contributed by atoms with Crippen LogP contribution in [0, 0.1) is 0 Å². The minimum atomic E-state index is -0.131. The van der Waals surface area contributed by atoms with Gasteiger partial charge in [-0.15, -0.1) is 0 Å². The number of amides is 1. The number of nitrogens with zero attached hydrogens (tertiary/aromatic N) is 3. The van der Waals surface area contributed by atoms with Crippen LogP contribution >= 0.6 is 0 Å². The third-order valence-electron chi connectivity index (χ3n) is 3.86. The van der Waals surface area contributed by atoms with Gasteiger partial charge in [-0.05, 0) is 24.1 Å². The van der Waals surface area contributed by atoms with E-state index in [1.807, 2.05) is 24.3 Å². The summed E-state index contributed by atoms with van der Waals surface area (Å²) < 4.78 is 6.90. The first-order chi connectivity index (χ1) is 11.0. The zero-order valence-electron chi connectivity index (χ0n) is 14.0. The Morgan fingerprint density at radius 3 is 2.65 bits per heavy atom. The maximum Gasteiger partial charge on any atom is 0.220 e. The molecule has 1 amide bonds. The van der Waals surface area contributed by atoms with Crippen molar-refractivity contribution in [1.82, 2.24) is 20.1 Å². The zero-order chi connectivity index (χ0) is 16.7. The summed E-state index contributed by atoms with van der Waals surface area (Å²) in [6.45, 7) is 5.53. The zero-order valence-corrected chi connectivity index (χ0v) is 14.0. The number of nitrogens with one attached hydrogen (secondary N) is 1. The highest BCUT2D eigenvalue weighted by molar-refractivity contribution is 5.75. The average Bonchev–Trinajstić information content (AvgIpc) is 3.06. The normalized spacial score (nSPS) is 11.3. The first-order valence-corrected chi connectivity index (χ1v) is 7.75. The van der Waals surface area contributed by atoms with Gasteiger partial charge >= 0.3 is 0 Å². The third-order valence-corrected chi connectivity index (χ3v) is 3.86. The standard InChI is InChI=1S/C17H24N4O2/c1-17(2,14-6-8-15(23-3)9-7-14)11-19-16(22)5-4-10-21-13-18-12-20-21/h6-9,12-13H,4-5,10-11H2,1-3H3,(H,19,22). The van der Waals surface area contributed by atoms with Crippen molar-refractivity contribution in [2.75, 3.05) is 13.7 Å². The van der Waals surface area contributed by atoms with E-state index in [0.29, 0.717) is 19.5 Å². The molecule has 2 aromatic rings. The van der Waals surface area contributed by atoms with Gasteiger partial charge < -0.3 is 10.1 Å². The Kier molecular flexibility index (Phi) is 5.73. The Bertz CT molecular complexity index is 606. The van der Waals surface area contributed by atoms with Gasteiger partial charge in [-0.25, -0.2) is 4.98 Å². The van der Waals surface area contributed by atoms with Crippen LogP contribution in [-0.4, -0.2) is 34.3 Å². The van der Waals surface area contributed by atoms with E-state index in [-0.39, 0.29) is 11.3 Å². The van der Waals surface area contributed by atoms with Crippen molar-refractivity contribution in [3.8, 4) is 5.75 Å². The van der Waals surface area contributed by atoms with Crippen molar-refractivity contribution in [2.24, 2.45) is 0 Å². The molecule has 0 aliphatic rings. The minimum Gasteiger partial charge on any atom is -0.497 e. The summed E-state index contributed by atoms with van der Waals surface area (Å²) >= 11 is 0. The summed E-state index contributed by atoms with van der Waals surface area (Å²) in [5, 5.41) is 7.03. The van der Waals surface area contributed by atoms with Gasteiger partial charge in [-0.3, -0.25) is 9.48 Å². The molecule has 6 heteroatoms. The van der Waals surface area contributed by atoms with Crippen molar-refractivity contribution >= 4 is 5.91 Å². The van der Waals surface area contributed by atoms with Crippen LogP contribution in [0.1, 0.15) is 32.3 Å². The Morgan fingerprint density at radius 1 is 1.30 bits per heavy atom.